The molecule has 2 aliphatic heterocycles. The molecule has 5 aromatic rings. The van der Waals surface area contributed by atoms with E-state index in [1.165, 1.54) is 24.3 Å². The molecule has 3 nitrogen and oxygen atoms in total. The molecule has 2 heterocycles. The van der Waals surface area contributed by atoms with E-state index in [1.54, 1.807) is 24.3 Å². The SMILES string of the molecule is Cc1cc2c3c(c1)Oc1cc(N(c4cccc(F)c4)c4cccc(F)c4)ccc1B3c1ccccc1O2. The Bertz CT molecular complexity index is 1660. The van der Waals surface area contributed by atoms with Gasteiger partial charge in [-0.2, -0.15) is 0 Å². The van der Waals surface area contributed by atoms with Crippen molar-refractivity contribution in [1.29, 1.82) is 0 Å². The zero-order valence-corrected chi connectivity index (χ0v) is 19.9. The molecule has 2 aliphatic rings. The summed E-state index contributed by atoms with van der Waals surface area (Å²) in [6.07, 6.45) is 0. The Morgan fingerprint density at radius 1 is 0.568 bits per heavy atom. The first-order valence-electron chi connectivity index (χ1n) is 12.1. The Labute approximate surface area is 213 Å². The van der Waals surface area contributed by atoms with Crippen LogP contribution in [0.15, 0.2) is 103 Å². The van der Waals surface area contributed by atoms with E-state index >= 15 is 0 Å². The topological polar surface area (TPSA) is 21.7 Å². The van der Waals surface area contributed by atoms with Gasteiger partial charge in [0.1, 0.15) is 34.6 Å². The number of rotatable bonds is 3. The van der Waals surface area contributed by atoms with Crippen LogP contribution >= 0.6 is 0 Å². The monoisotopic (exact) mass is 487 g/mol. The van der Waals surface area contributed by atoms with Gasteiger partial charge in [0, 0.05) is 28.6 Å². The van der Waals surface area contributed by atoms with Gasteiger partial charge in [-0.25, -0.2) is 8.78 Å². The number of nitrogens with zero attached hydrogens (tertiary/aromatic N) is 1. The summed E-state index contributed by atoms with van der Waals surface area (Å²) in [7, 11) is 0. The van der Waals surface area contributed by atoms with Crippen molar-refractivity contribution in [3.05, 3.63) is 120 Å². The van der Waals surface area contributed by atoms with Gasteiger partial charge in [0.15, 0.2) is 0 Å². The summed E-state index contributed by atoms with van der Waals surface area (Å²) in [6, 6.07) is 30.6. The van der Waals surface area contributed by atoms with E-state index in [-0.39, 0.29) is 18.3 Å². The van der Waals surface area contributed by atoms with Gasteiger partial charge in [0.05, 0.1) is 0 Å². The van der Waals surface area contributed by atoms with E-state index in [9.17, 15) is 8.78 Å². The fraction of sp³-hybridized carbons (Fsp3) is 0.0323. The summed E-state index contributed by atoms with van der Waals surface area (Å²) in [5, 5.41) is 0. The molecule has 0 bridgehead atoms. The lowest BCUT2D eigenvalue weighted by molar-refractivity contribution is 0.464. The molecule has 5 aromatic carbocycles. The first-order valence-corrected chi connectivity index (χ1v) is 12.1. The Morgan fingerprint density at radius 3 is 1.84 bits per heavy atom. The lowest BCUT2D eigenvalue weighted by atomic mass is 9.35. The number of hydrogen-bond acceptors (Lipinski definition) is 3. The lowest BCUT2D eigenvalue weighted by Gasteiger charge is -2.34. The normalized spacial score (nSPS) is 12.6. The van der Waals surface area contributed by atoms with Crippen LogP contribution in [0.2, 0.25) is 0 Å². The molecule has 0 N–H and O–H groups in total. The minimum Gasteiger partial charge on any atom is -0.458 e. The van der Waals surface area contributed by atoms with Crippen LogP contribution in [0.4, 0.5) is 25.8 Å². The highest BCUT2D eigenvalue weighted by molar-refractivity contribution is 6.98. The molecule has 0 saturated heterocycles. The zero-order valence-electron chi connectivity index (χ0n) is 19.9. The van der Waals surface area contributed by atoms with E-state index in [0.29, 0.717) is 17.1 Å². The second-order valence-electron chi connectivity index (χ2n) is 9.37. The van der Waals surface area contributed by atoms with E-state index in [2.05, 4.69) is 6.07 Å². The highest BCUT2D eigenvalue weighted by Crippen LogP contribution is 2.40. The third kappa shape index (κ3) is 3.56. The summed E-state index contributed by atoms with van der Waals surface area (Å²) in [6.45, 7) is 1.96. The van der Waals surface area contributed by atoms with Crippen molar-refractivity contribution in [3.8, 4) is 23.0 Å². The van der Waals surface area contributed by atoms with Crippen LogP contribution in [0.25, 0.3) is 0 Å². The van der Waals surface area contributed by atoms with Crippen molar-refractivity contribution in [2.45, 2.75) is 6.92 Å². The minimum absolute atomic E-state index is 0.0508. The van der Waals surface area contributed by atoms with Crippen LogP contribution in [0.3, 0.4) is 0 Å². The Morgan fingerprint density at radius 2 is 1.16 bits per heavy atom. The van der Waals surface area contributed by atoms with Crippen LogP contribution in [0.1, 0.15) is 5.56 Å². The van der Waals surface area contributed by atoms with Gasteiger partial charge >= 0.3 is 0 Å². The molecular weight excluding hydrogens is 467 g/mol. The predicted molar refractivity (Wildman–Crippen MR) is 143 cm³/mol. The van der Waals surface area contributed by atoms with E-state index in [1.807, 2.05) is 60.4 Å². The summed E-state index contributed by atoms with van der Waals surface area (Å²) in [5.74, 6) is 2.33. The average molecular weight is 487 g/mol. The van der Waals surface area contributed by atoms with Gasteiger partial charge < -0.3 is 14.4 Å². The number of halogens is 2. The third-order valence-corrected chi connectivity index (χ3v) is 6.91. The molecule has 0 aromatic heterocycles. The second kappa shape index (κ2) is 8.24. The minimum atomic E-state index is -0.371. The summed E-state index contributed by atoms with van der Waals surface area (Å²) in [4.78, 5) is 1.82. The summed E-state index contributed by atoms with van der Waals surface area (Å²) < 4.78 is 41.3. The molecule has 0 aliphatic carbocycles. The van der Waals surface area contributed by atoms with Crippen molar-refractivity contribution >= 4 is 40.2 Å². The molecule has 0 atom stereocenters. The van der Waals surface area contributed by atoms with Gasteiger partial charge in [-0.3, -0.25) is 0 Å². The molecule has 0 saturated carbocycles. The Balaban J connectivity index is 1.42. The molecule has 0 radical (unpaired) electrons. The molecule has 0 amide bonds. The number of benzene rings is 5. The first-order chi connectivity index (χ1) is 18.0. The van der Waals surface area contributed by atoms with Gasteiger partial charge in [-0.05, 0) is 84.1 Å². The third-order valence-electron chi connectivity index (χ3n) is 6.91. The number of para-hydroxylation sites is 1. The molecular formula is C31H20BF2NO2. The van der Waals surface area contributed by atoms with Crippen molar-refractivity contribution < 1.29 is 18.3 Å². The Kier molecular flexibility index (Phi) is 4.83. The highest BCUT2D eigenvalue weighted by Gasteiger charge is 2.40. The van der Waals surface area contributed by atoms with Gasteiger partial charge in [0.25, 0.3) is 6.71 Å². The number of aryl methyl sites for hydroxylation is 1. The molecule has 0 unspecified atom stereocenters. The highest BCUT2D eigenvalue weighted by atomic mass is 19.1. The fourth-order valence-corrected chi connectivity index (χ4v) is 5.38. The predicted octanol–water partition coefficient (Wildman–Crippen LogP) is 6.47. The van der Waals surface area contributed by atoms with Crippen molar-refractivity contribution in [1.82, 2.24) is 0 Å². The zero-order chi connectivity index (χ0) is 25.1. The van der Waals surface area contributed by atoms with Crippen molar-refractivity contribution in [2.75, 3.05) is 4.90 Å². The summed E-state index contributed by atoms with van der Waals surface area (Å²) in [5.41, 5.74) is 6.02. The maximum Gasteiger partial charge on any atom is 0.260 e. The number of hydrogen-bond donors (Lipinski definition) is 0. The van der Waals surface area contributed by atoms with Gasteiger partial charge in [-0.15, -0.1) is 0 Å². The fourth-order valence-electron chi connectivity index (χ4n) is 5.38. The van der Waals surface area contributed by atoms with Crippen LogP contribution in [-0.2, 0) is 0 Å². The molecule has 6 heteroatoms. The number of ether oxygens (including phenoxy) is 2. The van der Waals surface area contributed by atoms with Crippen molar-refractivity contribution in [3.63, 3.8) is 0 Å². The largest absolute Gasteiger partial charge is 0.458 e. The van der Waals surface area contributed by atoms with Crippen LogP contribution in [-0.4, -0.2) is 6.71 Å². The Hall–Kier alpha value is -4.58. The molecule has 37 heavy (non-hydrogen) atoms. The van der Waals surface area contributed by atoms with Crippen molar-refractivity contribution in [2.24, 2.45) is 0 Å². The average Bonchev–Trinajstić information content (AvgIpc) is 2.88. The second-order valence-corrected chi connectivity index (χ2v) is 9.37. The van der Waals surface area contributed by atoms with Crippen LogP contribution in [0, 0.1) is 18.6 Å². The maximum absolute atomic E-state index is 14.3. The quantitative estimate of drug-likeness (QED) is 0.267. The number of anilines is 3. The molecule has 7 rings (SSSR count). The van der Waals surface area contributed by atoms with Gasteiger partial charge in [-0.1, -0.05) is 36.4 Å². The number of fused-ring (bicyclic) bond motifs is 4. The smallest absolute Gasteiger partial charge is 0.260 e. The standard InChI is InChI=1S/C31H20BF2NO2/c1-19-14-29-31-30(15-19)37-28-18-24(12-13-26(28)32(31)25-10-2-3-11-27(25)36-29)35(22-8-4-6-20(33)16-22)23-9-5-7-21(34)17-23/h2-18H,1H3. The molecule has 0 fully saturated rings. The summed E-state index contributed by atoms with van der Waals surface area (Å²) >= 11 is 0. The van der Waals surface area contributed by atoms with Gasteiger partial charge in [0.2, 0.25) is 0 Å². The van der Waals surface area contributed by atoms with E-state index in [4.69, 9.17) is 9.47 Å². The molecule has 178 valence electrons. The van der Waals surface area contributed by atoms with E-state index < -0.39 is 0 Å². The van der Waals surface area contributed by atoms with Crippen LogP contribution in [0.5, 0.6) is 23.0 Å². The van der Waals surface area contributed by atoms with Crippen LogP contribution < -0.4 is 30.8 Å². The van der Waals surface area contributed by atoms with E-state index in [0.717, 1.165) is 44.9 Å². The molecule has 0 spiro atoms. The first kappa shape index (κ1) is 21.7. The lowest BCUT2D eigenvalue weighted by Crippen LogP contribution is -2.57. The maximum atomic E-state index is 14.3.